The first-order chi connectivity index (χ1) is 11.3. The zero-order chi connectivity index (χ0) is 15.6. The molecule has 0 saturated carbocycles. The molecule has 5 aromatic rings. The summed E-state index contributed by atoms with van der Waals surface area (Å²) in [4.78, 5) is 16.3. The van der Waals surface area contributed by atoms with Gasteiger partial charge in [-0.3, -0.25) is 9.20 Å². The highest BCUT2D eigenvalue weighted by Gasteiger charge is 2.19. The summed E-state index contributed by atoms with van der Waals surface area (Å²) in [5.41, 5.74) is 2.65. The van der Waals surface area contributed by atoms with Crippen LogP contribution in [0.3, 0.4) is 0 Å². The number of imidazole rings is 1. The van der Waals surface area contributed by atoms with Crippen molar-refractivity contribution in [2.24, 2.45) is 0 Å². The molecular formula is C18H9N3OS. The number of benzene rings is 2. The van der Waals surface area contributed by atoms with E-state index in [1.807, 2.05) is 48.5 Å². The van der Waals surface area contributed by atoms with E-state index in [0.717, 1.165) is 26.5 Å². The Balaban J connectivity index is 2.21. The van der Waals surface area contributed by atoms with Crippen molar-refractivity contribution in [2.75, 3.05) is 0 Å². The van der Waals surface area contributed by atoms with Crippen molar-refractivity contribution in [3.63, 3.8) is 0 Å². The molecule has 0 bridgehead atoms. The zero-order valence-corrected chi connectivity index (χ0v) is 12.6. The highest BCUT2D eigenvalue weighted by molar-refractivity contribution is 7.25. The summed E-state index contributed by atoms with van der Waals surface area (Å²) in [6.45, 7) is 0. The summed E-state index contributed by atoms with van der Waals surface area (Å²) >= 11 is 1.45. The molecule has 3 aromatic heterocycles. The Morgan fingerprint density at radius 2 is 1.87 bits per heavy atom. The first-order valence-electron chi connectivity index (χ1n) is 7.16. The maximum absolute atomic E-state index is 13.0. The van der Waals surface area contributed by atoms with Gasteiger partial charge in [0, 0.05) is 15.5 Å². The van der Waals surface area contributed by atoms with Crippen LogP contribution in [0.4, 0.5) is 0 Å². The van der Waals surface area contributed by atoms with Crippen molar-refractivity contribution in [3.05, 3.63) is 64.4 Å². The first kappa shape index (κ1) is 12.4. The minimum absolute atomic E-state index is 0.0762. The minimum atomic E-state index is -0.0762. The number of aromatic nitrogens is 2. The predicted octanol–water partition coefficient (Wildman–Crippen LogP) is 4.02. The number of hydrogen-bond acceptors (Lipinski definition) is 3. The van der Waals surface area contributed by atoms with E-state index in [-0.39, 0.29) is 5.56 Å². The van der Waals surface area contributed by atoms with E-state index >= 15 is 0 Å². The van der Waals surface area contributed by atoms with Crippen molar-refractivity contribution in [1.82, 2.24) is 9.38 Å². The number of hydrogen-bond donors (Lipinski definition) is 1. The monoisotopic (exact) mass is 315 g/mol. The van der Waals surface area contributed by atoms with E-state index in [4.69, 9.17) is 0 Å². The Kier molecular flexibility index (Phi) is 2.28. The normalized spacial score (nSPS) is 11.6. The molecule has 0 fully saturated rings. The lowest BCUT2D eigenvalue weighted by atomic mass is 10.1. The lowest BCUT2D eigenvalue weighted by Crippen LogP contribution is -2.12. The van der Waals surface area contributed by atoms with Crippen LogP contribution in [0.2, 0.25) is 0 Å². The molecule has 0 saturated heterocycles. The van der Waals surface area contributed by atoms with Gasteiger partial charge in [0.2, 0.25) is 0 Å². The summed E-state index contributed by atoms with van der Waals surface area (Å²) in [5.74, 6) is 0. The predicted molar refractivity (Wildman–Crippen MR) is 93.1 cm³/mol. The summed E-state index contributed by atoms with van der Waals surface area (Å²) < 4.78 is 3.27. The molecule has 3 heterocycles. The van der Waals surface area contributed by atoms with E-state index in [2.05, 4.69) is 11.1 Å². The van der Waals surface area contributed by atoms with Crippen molar-refractivity contribution < 1.29 is 0 Å². The maximum Gasteiger partial charge on any atom is 0.274 e. The van der Waals surface area contributed by atoms with E-state index in [9.17, 15) is 10.1 Å². The molecule has 4 nitrogen and oxygen atoms in total. The standard InChI is InChI=1S/C18H9N3OS/c19-9-11-15-10-5-1-4-8-14(10)23-16(15)18(22)21-13-7-3-2-6-12(13)20-17(11)21/h1-8,20H. The van der Waals surface area contributed by atoms with E-state index in [1.165, 1.54) is 11.3 Å². The molecule has 0 atom stereocenters. The van der Waals surface area contributed by atoms with Crippen molar-refractivity contribution in [1.29, 1.82) is 5.26 Å². The van der Waals surface area contributed by atoms with Gasteiger partial charge in [-0.15, -0.1) is 11.3 Å². The number of H-pyrrole nitrogens is 1. The average Bonchev–Trinajstić information content (AvgIpc) is 3.15. The lowest BCUT2D eigenvalue weighted by Gasteiger charge is -2.00. The third-order valence-electron chi connectivity index (χ3n) is 4.21. The van der Waals surface area contributed by atoms with Crippen LogP contribution >= 0.6 is 11.3 Å². The summed E-state index contributed by atoms with van der Waals surface area (Å²) in [6, 6.07) is 17.7. The van der Waals surface area contributed by atoms with Gasteiger partial charge in [-0.2, -0.15) is 5.26 Å². The Morgan fingerprint density at radius 1 is 1.09 bits per heavy atom. The summed E-state index contributed by atoms with van der Waals surface area (Å²) in [7, 11) is 0. The third-order valence-corrected chi connectivity index (χ3v) is 5.37. The van der Waals surface area contributed by atoms with E-state index in [0.29, 0.717) is 15.9 Å². The molecule has 23 heavy (non-hydrogen) atoms. The fourth-order valence-corrected chi connectivity index (χ4v) is 4.38. The number of pyridine rings is 1. The minimum Gasteiger partial charge on any atom is -0.338 e. The van der Waals surface area contributed by atoms with Gasteiger partial charge < -0.3 is 4.98 Å². The van der Waals surface area contributed by atoms with Crippen molar-refractivity contribution in [2.45, 2.75) is 0 Å². The molecule has 0 amide bonds. The number of nitriles is 1. The van der Waals surface area contributed by atoms with Gasteiger partial charge in [-0.05, 0) is 18.2 Å². The number of fused-ring (bicyclic) bond motifs is 6. The number of nitrogens with one attached hydrogen (secondary N) is 1. The van der Waals surface area contributed by atoms with Crippen LogP contribution in [0.15, 0.2) is 53.3 Å². The quantitative estimate of drug-likeness (QED) is 0.469. The molecule has 2 aromatic carbocycles. The molecule has 5 heteroatoms. The van der Waals surface area contributed by atoms with E-state index < -0.39 is 0 Å². The zero-order valence-electron chi connectivity index (χ0n) is 11.8. The fourth-order valence-electron chi connectivity index (χ4n) is 3.24. The third kappa shape index (κ3) is 1.46. The highest BCUT2D eigenvalue weighted by atomic mass is 32.1. The van der Waals surface area contributed by atoms with Crippen molar-refractivity contribution in [3.8, 4) is 6.07 Å². The van der Waals surface area contributed by atoms with E-state index in [1.54, 1.807) is 4.40 Å². The molecule has 0 aliphatic carbocycles. The van der Waals surface area contributed by atoms with Crippen LogP contribution in [-0.2, 0) is 0 Å². The molecule has 5 rings (SSSR count). The molecule has 0 aliphatic rings. The molecule has 108 valence electrons. The van der Waals surface area contributed by atoms with Crippen LogP contribution in [0.25, 0.3) is 36.9 Å². The van der Waals surface area contributed by atoms with Crippen LogP contribution in [0, 0.1) is 11.3 Å². The number of rotatable bonds is 0. The number of thiophene rings is 1. The van der Waals surface area contributed by atoms with Gasteiger partial charge in [0.25, 0.3) is 5.56 Å². The summed E-state index contributed by atoms with van der Waals surface area (Å²) in [5, 5.41) is 11.5. The second-order valence-corrected chi connectivity index (χ2v) is 6.47. The molecule has 0 unspecified atom stereocenters. The molecule has 0 spiro atoms. The van der Waals surface area contributed by atoms with Crippen LogP contribution in [0.1, 0.15) is 5.56 Å². The SMILES string of the molecule is N#Cc1c2c(sc3ccccc32)c(=O)n2c1[nH]c1ccccc12. The second kappa shape index (κ2) is 4.22. The van der Waals surface area contributed by atoms with Gasteiger partial charge in [0.15, 0.2) is 0 Å². The van der Waals surface area contributed by atoms with Gasteiger partial charge in [-0.25, -0.2) is 0 Å². The molecular weight excluding hydrogens is 306 g/mol. The molecule has 0 aliphatic heterocycles. The number of nitrogens with zero attached hydrogens (tertiary/aromatic N) is 2. The average molecular weight is 315 g/mol. The first-order valence-corrected chi connectivity index (χ1v) is 7.98. The number of para-hydroxylation sites is 2. The topological polar surface area (TPSA) is 61.1 Å². The van der Waals surface area contributed by atoms with Gasteiger partial charge in [-0.1, -0.05) is 30.3 Å². The Morgan fingerprint density at radius 3 is 2.74 bits per heavy atom. The van der Waals surface area contributed by atoms with Gasteiger partial charge >= 0.3 is 0 Å². The molecule has 1 N–H and O–H groups in total. The van der Waals surface area contributed by atoms with Crippen LogP contribution in [-0.4, -0.2) is 9.38 Å². The van der Waals surface area contributed by atoms with Gasteiger partial charge in [0.1, 0.15) is 22.0 Å². The molecule has 0 radical (unpaired) electrons. The van der Waals surface area contributed by atoms with Crippen LogP contribution in [0.5, 0.6) is 0 Å². The second-order valence-electron chi connectivity index (χ2n) is 5.42. The Hall–Kier alpha value is -3.10. The van der Waals surface area contributed by atoms with Gasteiger partial charge in [0.05, 0.1) is 11.0 Å². The maximum atomic E-state index is 13.0. The largest absolute Gasteiger partial charge is 0.338 e. The fraction of sp³-hybridized carbons (Fsp3) is 0. The Labute approximate surface area is 133 Å². The summed E-state index contributed by atoms with van der Waals surface area (Å²) in [6.07, 6.45) is 0. The Bertz CT molecular complexity index is 1340. The van der Waals surface area contributed by atoms with Crippen molar-refractivity contribution >= 4 is 48.2 Å². The number of aromatic amines is 1. The smallest absolute Gasteiger partial charge is 0.274 e. The highest BCUT2D eigenvalue weighted by Crippen LogP contribution is 2.35. The van der Waals surface area contributed by atoms with Crippen LogP contribution < -0.4 is 5.56 Å². The lowest BCUT2D eigenvalue weighted by molar-refractivity contribution is 1.18.